The van der Waals surface area contributed by atoms with Crippen LogP contribution in [0.5, 0.6) is 5.75 Å². The molecule has 0 aliphatic carbocycles. The molecule has 1 fully saturated rings. The van der Waals surface area contributed by atoms with E-state index in [1.807, 2.05) is 0 Å². The van der Waals surface area contributed by atoms with Crippen LogP contribution in [0.2, 0.25) is 0 Å². The molecule has 1 saturated heterocycles. The van der Waals surface area contributed by atoms with Crippen LogP contribution in [-0.4, -0.2) is 34.7 Å². The Morgan fingerprint density at radius 3 is 2.56 bits per heavy atom. The lowest BCUT2D eigenvalue weighted by Gasteiger charge is -2.29. The second kappa shape index (κ2) is 6.56. The third-order valence-corrected chi connectivity index (χ3v) is 3.72. The Hall–Kier alpha value is -3.69. The van der Waals surface area contributed by atoms with Gasteiger partial charge in [0.05, 0.1) is 23.1 Å². The quantitative estimate of drug-likeness (QED) is 0.282. The van der Waals surface area contributed by atoms with E-state index in [1.54, 1.807) is 6.07 Å². The topological polar surface area (TPSA) is 130 Å². The van der Waals surface area contributed by atoms with Crippen molar-refractivity contribution in [2.75, 3.05) is 12.4 Å². The number of nitro benzene ring substituents is 1. The molecule has 2 heterocycles. The van der Waals surface area contributed by atoms with E-state index in [1.165, 1.54) is 39.3 Å². The number of ether oxygens (including phenoxy) is 3. The van der Waals surface area contributed by atoms with E-state index in [0.29, 0.717) is 5.69 Å². The van der Waals surface area contributed by atoms with Crippen LogP contribution in [0.4, 0.5) is 11.4 Å². The van der Waals surface area contributed by atoms with Crippen molar-refractivity contribution >= 4 is 34.2 Å². The molecule has 2 aromatic rings. The molecule has 1 aromatic carbocycles. The summed E-state index contributed by atoms with van der Waals surface area (Å²) < 4.78 is 15.1. The number of methoxy groups -OCH3 is 1. The van der Waals surface area contributed by atoms with Crippen molar-refractivity contribution in [3.63, 3.8) is 0 Å². The summed E-state index contributed by atoms with van der Waals surface area (Å²) in [4.78, 5) is 39.0. The molecule has 0 atom stereocenters. The third kappa shape index (κ3) is 3.36. The van der Waals surface area contributed by atoms with Gasteiger partial charge in [-0.2, -0.15) is 0 Å². The second-order valence-corrected chi connectivity index (χ2v) is 6.01. The lowest BCUT2D eigenvalue weighted by Crippen LogP contribution is -2.42. The fourth-order valence-corrected chi connectivity index (χ4v) is 2.59. The molecular formula is C17H15N3O7. The number of aromatic nitrogens is 1. The van der Waals surface area contributed by atoms with Crippen molar-refractivity contribution in [1.82, 2.24) is 4.98 Å². The molecule has 1 aliphatic rings. The van der Waals surface area contributed by atoms with Gasteiger partial charge in [0.2, 0.25) is 0 Å². The summed E-state index contributed by atoms with van der Waals surface area (Å²) in [7, 11) is 1.30. The Morgan fingerprint density at radius 1 is 1.30 bits per heavy atom. The Bertz CT molecular complexity index is 975. The molecule has 10 heteroatoms. The van der Waals surface area contributed by atoms with Crippen molar-refractivity contribution in [2.45, 2.75) is 19.6 Å². The maximum atomic E-state index is 12.0. The summed E-state index contributed by atoms with van der Waals surface area (Å²) in [5.74, 6) is -3.06. The first kappa shape index (κ1) is 18.1. The highest BCUT2D eigenvalue weighted by Crippen LogP contribution is 2.39. The number of esters is 2. The zero-order valence-electron chi connectivity index (χ0n) is 14.6. The number of nitro groups is 1. The van der Waals surface area contributed by atoms with Crippen LogP contribution in [-0.2, 0) is 19.1 Å². The lowest BCUT2D eigenvalue weighted by molar-refractivity contribution is -0.383. The van der Waals surface area contributed by atoms with Gasteiger partial charge in [-0.1, -0.05) is 0 Å². The zero-order chi connectivity index (χ0) is 19.8. The normalized spacial score (nSPS) is 15.7. The molecular weight excluding hydrogens is 358 g/mol. The van der Waals surface area contributed by atoms with Gasteiger partial charge in [-0.3, -0.25) is 15.1 Å². The molecule has 0 unspecified atom stereocenters. The molecule has 0 spiro atoms. The molecule has 1 aromatic heterocycles. The first-order chi connectivity index (χ1) is 12.7. The molecule has 1 aliphatic heterocycles. The van der Waals surface area contributed by atoms with Gasteiger partial charge < -0.3 is 19.5 Å². The van der Waals surface area contributed by atoms with E-state index in [2.05, 4.69) is 10.3 Å². The number of fused-ring (bicyclic) bond motifs is 1. The van der Waals surface area contributed by atoms with Gasteiger partial charge in [0.1, 0.15) is 5.52 Å². The molecule has 140 valence electrons. The number of hydrogen-bond acceptors (Lipinski definition) is 9. The highest BCUT2D eigenvalue weighted by Gasteiger charge is 2.39. The van der Waals surface area contributed by atoms with Gasteiger partial charge in [0.15, 0.2) is 11.3 Å². The van der Waals surface area contributed by atoms with E-state index < -0.39 is 22.6 Å². The van der Waals surface area contributed by atoms with E-state index in [4.69, 9.17) is 14.2 Å². The lowest BCUT2D eigenvalue weighted by atomic mass is 10.1. The van der Waals surface area contributed by atoms with Crippen LogP contribution >= 0.6 is 0 Å². The highest BCUT2D eigenvalue weighted by molar-refractivity contribution is 6.15. The van der Waals surface area contributed by atoms with Gasteiger partial charge in [-0.05, 0) is 12.1 Å². The zero-order valence-corrected chi connectivity index (χ0v) is 14.6. The Morgan fingerprint density at radius 2 is 1.96 bits per heavy atom. The maximum Gasteiger partial charge on any atom is 0.350 e. The Kier molecular flexibility index (Phi) is 4.40. The summed E-state index contributed by atoms with van der Waals surface area (Å²) >= 11 is 0. The molecule has 0 amide bonds. The van der Waals surface area contributed by atoms with Crippen molar-refractivity contribution < 1.29 is 28.7 Å². The summed E-state index contributed by atoms with van der Waals surface area (Å²) in [6.07, 6.45) is 2.57. The van der Waals surface area contributed by atoms with Gasteiger partial charge in [0, 0.05) is 32.3 Å². The Balaban J connectivity index is 2.06. The summed E-state index contributed by atoms with van der Waals surface area (Å²) in [5.41, 5.74) is -0.0292. The van der Waals surface area contributed by atoms with Gasteiger partial charge in [-0.25, -0.2) is 9.59 Å². The molecule has 0 saturated carbocycles. The third-order valence-electron chi connectivity index (χ3n) is 3.72. The minimum Gasteiger partial charge on any atom is -0.490 e. The summed E-state index contributed by atoms with van der Waals surface area (Å²) in [6, 6.07) is 4.43. The standard InChI is InChI=1S/C17H15N3O7/c1-17(2)26-15(21)10(16(22)27-17)8-19-11-7-12(25-3)14(20(23)24)9-5-4-6-18-13(9)11/h4-8,19H,1-3H3. The number of pyridine rings is 1. The SMILES string of the molecule is COc1cc(NC=C2C(=O)OC(C)(C)OC2=O)c2ncccc2c1[N+](=O)[O-]. The number of nitrogens with one attached hydrogen (secondary N) is 1. The fourth-order valence-electron chi connectivity index (χ4n) is 2.59. The molecule has 1 N–H and O–H groups in total. The van der Waals surface area contributed by atoms with Crippen LogP contribution in [0.15, 0.2) is 36.2 Å². The van der Waals surface area contributed by atoms with Crippen molar-refractivity contribution in [3.8, 4) is 5.75 Å². The van der Waals surface area contributed by atoms with Crippen LogP contribution in [0.25, 0.3) is 10.9 Å². The largest absolute Gasteiger partial charge is 0.490 e. The van der Waals surface area contributed by atoms with Gasteiger partial charge in [-0.15, -0.1) is 0 Å². The number of anilines is 1. The maximum absolute atomic E-state index is 12.0. The minimum absolute atomic E-state index is 0.00340. The Labute approximate surface area is 152 Å². The molecule has 27 heavy (non-hydrogen) atoms. The number of carbonyl (C=O) groups is 2. The number of carbonyl (C=O) groups excluding carboxylic acids is 2. The molecule has 10 nitrogen and oxygen atoms in total. The average molecular weight is 373 g/mol. The van der Waals surface area contributed by atoms with E-state index in [-0.39, 0.29) is 27.9 Å². The van der Waals surface area contributed by atoms with Crippen molar-refractivity contribution in [2.24, 2.45) is 0 Å². The number of hydrogen-bond donors (Lipinski definition) is 1. The van der Waals surface area contributed by atoms with Crippen LogP contribution in [0.1, 0.15) is 13.8 Å². The number of rotatable bonds is 4. The van der Waals surface area contributed by atoms with Crippen LogP contribution in [0.3, 0.4) is 0 Å². The van der Waals surface area contributed by atoms with Gasteiger partial charge >= 0.3 is 17.6 Å². The number of nitrogens with zero attached hydrogens (tertiary/aromatic N) is 2. The van der Waals surface area contributed by atoms with Gasteiger partial charge in [0.25, 0.3) is 5.79 Å². The highest BCUT2D eigenvalue weighted by atomic mass is 16.7. The minimum atomic E-state index is -1.35. The average Bonchev–Trinajstić information content (AvgIpc) is 2.58. The van der Waals surface area contributed by atoms with E-state index in [0.717, 1.165) is 6.20 Å². The smallest absolute Gasteiger partial charge is 0.350 e. The predicted molar refractivity (Wildman–Crippen MR) is 92.9 cm³/mol. The van der Waals surface area contributed by atoms with E-state index in [9.17, 15) is 19.7 Å². The fraction of sp³-hybridized carbons (Fsp3) is 0.235. The molecule has 0 radical (unpaired) electrons. The predicted octanol–water partition coefficient (Wildman–Crippen LogP) is 2.28. The van der Waals surface area contributed by atoms with Crippen LogP contribution < -0.4 is 10.1 Å². The summed E-state index contributed by atoms with van der Waals surface area (Å²) in [6.45, 7) is 2.87. The van der Waals surface area contributed by atoms with Crippen LogP contribution in [0, 0.1) is 10.1 Å². The molecule has 0 bridgehead atoms. The first-order valence-electron chi connectivity index (χ1n) is 7.77. The second-order valence-electron chi connectivity index (χ2n) is 6.01. The molecule has 3 rings (SSSR count). The van der Waals surface area contributed by atoms with Crippen molar-refractivity contribution in [3.05, 3.63) is 46.3 Å². The monoisotopic (exact) mass is 373 g/mol. The number of cyclic esters (lactones) is 2. The van der Waals surface area contributed by atoms with Crippen molar-refractivity contribution in [1.29, 1.82) is 0 Å². The first-order valence-corrected chi connectivity index (χ1v) is 7.77. The van der Waals surface area contributed by atoms with E-state index >= 15 is 0 Å². The summed E-state index contributed by atoms with van der Waals surface area (Å²) in [5, 5.41) is 14.4. The number of benzene rings is 1.